The number of nitrogens with zero attached hydrogens (tertiary/aromatic N) is 3. The van der Waals surface area contributed by atoms with Gasteiger partial charge >= 0.3 is 0 Å². The number of aromatic amines is 1. The van der Waals surface area contributed by atoms with Crippen LogP contribution >= 0.6 is 11.9 Å². The fourth-order valence-electron chi connectivity index (χ4n) is 3.81. The van der Waals surface area contributed by atoms with E-state index in [4.69, 9.17) is 0 Å². The van der Waals surface area contributed by atoms with Gasteiger partial charge in [0, 0.05) is 53.5 Å². The molecule has 0 saturated carbocycles. The molecule has 0 fully saturated rings. The highest BCUT2D eigenvalue weighted by Gasteiger charge is 2.12. The lowest BCUT2D eigenvalue weighted by atomic mass is 10.0. The summed E-state index contributed by atoms with van der Waals surface area (Å²) < 4.78 is 19.0. The van der Waals surface area contributed by atoms with Gasteiger partial charge in [-0.15, -0.1) is 0 Å². The molecule has 0 bridgehead atoms. The first-order valence-corrected chi connectivity index (χ1v) is 11.6. The summed E-state index contributed by atoms with van der Waals surface area (Å²) in [7, 11) is 0. The van der Waals surface area contributed by atoms with Gasteiger partial charge in [0.1, 0.15) is 11.5 Å². The van der Waals surface area contributed by atoms with Crippen LogP contribution in [0.4, 0.5) is 10.1 Å². The first-order chi connectivity index (χ1) is 15.7. The van der Waals surface area contributed by atoms with Gasteiger partial charge in [0.15, 0.2) is 0 Å². The molecular formula is C25H22FN5S. The van der Waals surface area contributed by atoms with Crippen molar-refractivity contribution in [2.75, 3.05) is 11.0 Å². The number of pyridine rings is 1. The van der Waals surface area contributed by atoms with Crippen molar-refractivity contribution in [3.63, 3.8) is 0 Å². The average Bonchev–Trinajstić information content (AvgIpc) is 3.46. The maximum atomic E-state index is 14.0. The van der Waals surface area contributed by atoms with Gasteiger partial charge in [0.25, 0.3) is 0 Å². The minimum Gasteiger partial charge on any atom is -0.346 e. The van der Waals surface area contributed by atoms with Gasteiger partial charge in [-0.05, 0) is 35.7 Å². The van der Waals surface area contributed by atoms with Crippen molar-refractivity contribution in [3.8, 4) is 22.3 Å². The number of aryl methyl sites for hydroxylation is 2. The number of nitrogens with one attached hydrogen (secondary N) is 2. The molecular weight excluding hydrogens is 421 g/mol. The Morgan fingerprint density at radius 1 is 1.03 bits per heavy atom. The monoisotopic (exact) mass is 443 g/mol. The molecule has 5 nitrogen and oxygen atoms in total. The van der Waals surface area contributed by atoms with Crippen molar-refractivity contribution in [1.82, 2.24) is 19.7 Å². The Bertz CT molecular complexity index is 1360. The summed E-state index contributed by atoms with van der Waals surface area (Å²) in [6.07, 6.45) is 10.5. The van der Waals surface area contributed by atoms with E-state index in [2.05, 4.69) is 56.3 Å². The quantitative estimate of drug-likeness (QED) is 0.296. The second kappa shape index (κ2) is 8.88. The number of halogens is 1. The van der Waals surface area contributed by atoms with Gasteiger partial charge in [0.2, 0.25) is 0 Å². The lowest BCUT2D eigenvalue weighted by Gasteiger charge is -2.08. The van der Waals surface area contributed by atoms with Gasteiger partial charge in [-0.3, -0.25) is 4.68 Å². The number of hydrogen-bond donors (Lipinski definition) is 2. The molecule has 0 saturated heterocycles. The molecule has 0 aliphatic carbocycles. The third-order valence-corrected chi connectivity index (χ3v) is 5.88. The summed E-state index contributed by atoms with van der Waals surface area (Å²) in [6, 6.07) is 17.6. The van der Waals surface area contributed by atoms with Gasteiger partial charge in [-0.25, -0.2) is 9.37 Å². The van der Waals surface area contributed by atoms with Gasteiger partial charge in [-0.2, -0.15) is 5.10 Å². The summed E-state index contributed by atoms with van der Waals surface area (Å²) >= 11 is 1.36. The van der Waals surface area contributed by atoms with Crippen LogP contribution in [-0.2, 0) is 13.0 Å². The number of benzene rings is 2. The summed E-state index contributed by atoms with van der Waals surface area (Å²) in [6.45, 7) is 0.816. The maximum Gasteiger partial charge on any atom is 0.147 e. The van der Waals surface area contributed by atoms with Crippen molar-refractivity contribution >= 4 is 28.7 Å². The Morgan fingerprint density at radius 3 is 2.75 bits per heavy atom. The third kappa shape index (κ3) is 4.11. The molecule has 3 aromatic heterocycles. The van der Waals surface area contributed by atoms with E-state index in [-0.39, 0.29) is 5.82 Å². The van der Waals surface area contributed by atoms with Gasteiger partial charge in [0.05, 0.1) is 11.9 Å². The summed E-state index contributed by atoms with van der Waals surface area (Å²) in [5, 5.41) is 5.55. The second-order valence-corrected chi connectivity index (χ2v) is 8.16. The van der Waals surface area contributed by atoms with E-state index >= 15 is 0 Å². The zero-order valence-corrected chi connectivity index (χ0v) is 18.4. The van der Waals surface area contributed by atoms with Gasteiger partial charge < -0.3 is 9.71 Å². The Balaban J connectivity index is 1.43. The highest BCUT2D eigenvalue weighted by Crippen LogP contribution is 2.32. The normalized spacial score (nSPS) is 11.2. The van der Waals surface area contributed by atoms with Crippen LogP contribution in [0.2, 0.25) is 0 Å². The van der Waals surface area contributed by atoms with E-state index in [1.807, 2.05) is 41.7 Å². The molecule has 0 amide bonds. The molecule has 0 aliphatic rings. The van der Waals surface area contributed by atoms with Crippen molar-refractivity contribution < 1.29 is 4.39 Å². The van der Waals surface area contributed by atoms with E-state index in [0.29, 0.717) is 5.69 Å². The molecule has 5 aromatic rings. The lowest BCUT2D eigenvalue weighted by molar-refractivity contribution is 0.615. The number of fused-ring (bicyclic) bond motifs is 1. The van der Waals surface area contributed by atoms with Crippen molar-refractivity contribution in [3.05, 3.63) is 90.8 Å². The Kier molecular flexibility index (Phi) is 5.64. The Hall–Kier alpha value is -3.58. The number of H-pyrrole nitrogens is 1. The largest absolute Gasteiger partial charge is 0.346 e. The predicted octanol–water partition coefficient (Wildman–Crippen LogP) is 6.17. The minimum atomic E-state index is -0.276. The number of hydrogen-bond acceptors (Lipinski definition) is 4. The van der Waals surface area contributed by atoms with Crippen LogP contribution in [0.25, 0.3) is 33.3 Å². The SMILES string of the molecule is CSNc1cc(-c2cnc3[nH]cc(-c4cnn(CCc5ccccc5)c4)c3c2)ccc1F. The number of aromatic nitrogens is 4. The van der Waals surface area contributed by atoms with Crippen LogP contribution in [0, 0.1) is 5.82 Å². The Labute approximate surface area is 189 Å². The first-order valence-electron chi connectivity index (χ1n) is 10.3. The average molecular weight is 444 g/mol. The first kappa shape index (κ1) is 20.3. The number of anilines is 1. The number of rotatable bonds is 7. The molecule has 2 aromatic carbocycles. The van der Waals surface area contributed by atoms with E-state index in [9.17, 15) is 4.39 Å². The van der Waals surface area contributed by atoms with E-state index < -0.39 is 0 Å². The van der Waals surface area contributed by atoms with Crippen LogP contribution in [-0.4, -0.2) is 26.0 Å². The smallest absolute Gasteiger partial charge is 0.147 e. The maximum absolute atomic E-state index is 14.0. The third-order valence-electron chi connectivity index (χ3n) is 5.46. The van der Waals surface area contributed by atoms with Crippen molar-refractivity contribution in [2.45, 2.75) is 13.0 Å². The van der Waals surface area contributed by atoms with E-state index in [0.717, 1.165) is 46.3 Å². The molecule has 3 heterocycles. The standard InChI is InChI=1S/C25H22FN5S/c1-32-30-24-12-18(7-8-23(24)26)19-11-21-22(15-28-25(21)27-13-19)20-14-29-31(16-20)10-9-17-5-3-2-4-6-17/h2-8,11-16,30H,9-10H2,1H3,(H,27,28). The topological polar surface area (TPSA) is 58.5 Å². The van der Waals surface area contributed by atoms with Crippen molar-refractivity contribution in [1.29, 1.82) is 0 Å². The summed E-state index contributed by atoms with van der Waals surface area (Å²) in [5.74, 6) is -0.276. The fourth-order valence-corrected chi connectivity index (χ4v) is 4.18. The Morgan fingerprint density at radius 2 is 1.91 bits per heavy atom. The van der Waals surface area contributed by atoms with E-state index in [1.54, 1.807) is 6.07 Å². The molecule has 2 N–H and O–H groups in total. The van der Waals surface area contributed by atoms with Crippen LogP contribution in [0.1, 0.15) is 5.56 Å². The molecule has 0 aliphatic heterocycles. The van der Waals surface area contributed by atoms with Gasteiger partial charge in [-0.1, -0.05) is 48.3 Å². The fraction of sp³-hybridized carbons (Fsp3) is 0.120. The molecule has 0 unspecified atom stereocenters. The highest BCUT2D eigenvalue weighted by atomic mass is 32.2. The van der Waals surface area contributed by atoms with Crippen LogP contribution in [0.15, 0.2) is 79.4 Å². The van der Waals surface area contributed by atoms with E-state index in [1.165, 1.54) is 23.6 Å². The van der Waals surface area contributed by atoms with Crippen LogP contribution in [0.3, 0.4) is 0 Å². The molecule has 5 rings (SSSR count). The summed E-state index contributed by atoms with van der Waals surface area (Å²) in [5.41, 5.74) is 6.48. The summed E-state index contributed by atoms with van der Waals surface area (Å²) in [4.78, 5) is 7.83. The minimum absolute atomic E-state index is 0.276. The zero-order chi connectivity index (χ0) is 21.9. The van der Waals surface area contributed by atoms with Crippen LogP contribution in [0.5, 0.6) is 0 Å². The molecule has 0 spiro atoms. The highest BCUT2D eigenvalue weighted by molar-refractivity contribution is 7.99. The second-order valence-electron chi connectivity index (χ2n) is 7.55. The molecule has 7 heteroatoms. The molecule has 0 atom stereocenters. The van der Waals surface area contributed by atoms with Crippen LogP contribution < -0.4 is 4.72 Å². The predicted molar refractivity (Wildman–Crippen MR) is 130 cm³/mol. The van der Waals surface area contributed by atoms with Crippen molar-refractivity contribution in [2.24, 2.45) is 0 Å². The lowest BCUT2D eigenvalue weighted by Crippen LogP contribution is -2.01. The molecule has 0 radical (unpaired) electrons. The molecule has 160 valence electrons. The zero-order valence-electron chi connectivity index (χ0n) is 17.5. The molecule has 32 heavy (non-hydrogen) atoms.